The van der Waals surface area contributed by atoms with Gasteiger partial charge in [0.1, 0.15) is 0 Å². The summed E-state index contributed by atoms with van der Waals surface area (Å²) in [6.45, 7) is 4.14. The van der Waals surface area contributed by atoms with Gasteiger partial charge in [0.2, 0.25) is 0 Å². The number of nitrogens with zero attached hydrogens (tertiary/aromatic N) is 3. The van der Waals surface area contributed by atoms with E-state index in [1.54, 1.807) is 37.3 Å². The molecule has 0 aromatic heterocycles. The summed E-state index contributed by atoms with van der Waals surface area (Å²) in [4.78, 5) is 16.7. The molecular formula is C22H25N3O3S2. The van der Waals surface area contributed by atoms with Gasteiger partial charge < -0.3 is 4.90 Å². The maximum atomic E-state index is 12.8. The van der Waals surface area contributed by atoms with Crippen LogP contribution in [0.2, 0.25) is 0 Å². The quantitative estimate of drug-likeness (QED) is 0.631. The van der Waals surface area contributed by atoms with Gasteiger partial charge in [-0.3, -0.25) is 9.69 Å². The largest absolute Gasteiger partial charge is 0.378 e. The molecule has 6 nitrogen and oxygen atoms in total. The summed E-state index contributed by atoms with van der Waals surface area (Å²) in [5.41, 5.74) is 2.97. The fourth-order valence-electron chi connectivity index (χ4n) is 2.93. The number of amidine groups is 1. The number of carbonyl (C=O) groups excluding carboxylic acids is 1. The van der Waals surface area contributed by atoms with Crippen LogP contribution in [0.5, 0.6) is 0 Å². The van der Waals surface area contributed by atoms with Crippen molar-refractivity contribution < 1.29 is 13.2 Å². The molecule has 0 spiro atoms. The molecule has 8 heteroatoms. The summed E-state index contributed by atoms with van der Waals surface area (Å²) in [5, 5.41) is 0.179. The Hall–Kier alpha value is -2.58. The van der Waals surface area contributed by atoms with Crippen LogP contribution in [-0.2, 0) is 21.2 Å². The van der Waals surface area contributed by atoms with Crippen LogP contribution in [0.1, 0.15) is 25.0 Å². The highest BCUT2D eigenvalue weighted by Gasteiger charge is 2.34. The molecule has 2 aromatic carbocycles. The number of amides is 1. The van der Waals surface area contributed by atoms with Gasteiger partial charge in [0.25, 0.3) is 15.9 Å². The van der Waals surface area contributed by atoms with E-state index < -0.39 is 10.0 Å². The maximum Gasteiger partial charge on any atom is 0.284 e. The van der Waals surface area contributed by atoms with Crippen molar-refractivity contribution in [1.82, 2.24) is 4.90 Å². The highest BCUT2D eigenvalue weighted by Crippen LogP contribution is 2.33. The lowest BCUT2D eigenvalue weighted by atomic mass is 10.2. The SMILES string of the molecule is CCc1ccc(S(=O)(=O)N=C2SC(=Cc3ccc(N(C)C)cc3)C(=O)N2CC)cc1. The summed E-state index contributed by atoms with van der Waals surface area (Å²) in [7, 11) is 0.0144. The third kappa shape index (κ3) is 4.76. The number of sulfonamides is 1. The van der Waals surface area contributed by atoms with Crippen molar-refractivity contribution in [3.8, 4) is 0 Å². The zero-order valence-corrected chi connectivity index (χ0v) is 19.1. The third-order valence-corrected chi connectivity index (χ3v) is 7.14. The number of thioether (sulfide) groups is 1. The molecule has 0 N–H and O–H groups in total. The highest BCUT2D eigenvalue weighted by molar-refractivity contribution is 8.19. The molecule has 158 valence electrons. The van der Waals surface area contributed by atoms with E-state index in [1.807, 2.05) is 50.2 Å². The molecule has 0 radical (unpaired) electrons. The number of carbonyl (C=O) groups is 1. The molecular weight excluding hydrogens is 418 g/mol. The van der Waals surface area contributed by atoms with E-state index >= 15 is 0 Å². The molecule has 0 aliphatic carbocycles. The molecule has 1 aliphatic rings. The second-order valence-electron chi connectivity index (χ2n) is 6.99. The van der Waals surface area contributed by atoms with Gasteiger partial charge in [-0.2, -0.15) is 8.42 Å². The zero-order chi connectivity index (χ0) is 21.9. The Balaban J connectivity index is 1.90. The third-order valence-electron chi connectivity index (χ3n) is 4.74. The second kappa shape index (κ2) is 9.06. The number of anilines is 1. The number of hydrogen-bond donors (Lipinski definition) is 0. The van der Waals surface area contributed by atoms with E-state index in [1.165, 1.54) is 4.90 Å². The molecule has 3 rings (SSSR count). The molecule has 0 unspecified atom stereocenters. The van der Waals surface area contributed by atoms with E-state index in [2.05, 4.69) is 4.40 Å². The van der Waals surface area contributed by atoms with Gasteiger partial charge in [0, 0.05) is 26.3 Å². The van der Waals surface area contributed by atoms with Crippen LogP contribution < -0.4 is 4.90 Å². The van der Waals surface area contributed by atoms with E-state index in [0.29, 0.717) is 11.4 Å². The summed E-state index contributed by atoms with van der Waals surface area (Å²) < 4.78 is 29.5. The van der Waals surface area contributed by atoms with Gasteiger partial charge in [-0.05, 0) is 66.6 Å². The first-order valence-corrected chi connectivity index (χ1v) is 11.9. The molecule has 1 saturated heterocycles. The predicted molar refractivity (Wildman–Crippen MR) is 124 cm³/mol. The smallest absolute Gasteiger partial charge is 0.284 e. The fourth-order valence-corrected chi connectivity index (χ4v) is 5.17. The summed E-state index contributed by atoms with van der Waals surface area (Å²) >= 11 is 1.08. The van der Waals surface area contributed by atoms with Gasteiger partial charge in [-0.1, -0.05) is 31.2 Å². The van der Waals surface area contributed by atoms with Crippen molar-refractivity contribution in [2.75, 3.05) is 25.5 Å². The molecule has 2 aromatic rings. The normalized spacial score (nSPS) is 17.2. The van der Waals surface area contributed by atoms with Crippen molar-refractivity contribution in [3.05, 3.63) is 64.6 Å². The second-order valence-corrected chi connectivity index (χ2v) is 9.61. The van der Waals surface area contributed by atoms with Gasteiger partial charge in [-0.15, -0.1) is 4.40 Å². The Morgan fingerprint density at radius 1 is 1.03 bits per heavy atom. The van der Waals surface area contributed by atoms with Gasteiger partial charge in [0.15, 0.2) is 5.17 Å². The van der Waals surface area contributed by atoms with Crippen molar-refractivity contribution in [2.45, 2.75) is 25.2 Å². The van der Waals surface area contributed by atoms with E-state index in [0.717, 1.165) is 35.0 Å². The average Bonchev–Trinajstić information content (AvgIpc) is 3.01. The van der Waals surface area contributed by atoms with Gasteiger partial charge in [0.05, 0.1) is 9.80 Å². The summed E-state index contributed by atoms with van der Waals surface area (Å²) in [6, 6.07) is 14.4. The zero-order valence-electron chi connectivity index (χ0n) is 17.5. The van der Waals surface area contributed by atoms with Gasteiger partial charge >= 0.3 is 0 Å². The number of rotatable bonds is 6. The minimum atomic E-state index is -3.91. The molecule has 1 aliphatic heterocycles. The van der Waals surface area contributed by atoms with Crippen LogP contribution in [0.3, 0.4) is 0 Å². The van der Waals surface area contributed by atoms with E-state index in [-0.39, 0.29) is 16.0 Å². The monoisotopic (exact) mass is 443 g/mol. The predicted octanol–water partition coefficient (Wildman–Crippen LogP) is 4.00. The molecule has 0 bridgehead atoms. The minimum absolute atomic E-state index is 0.119. The number of aryl methyl sites for hydroxylation is 1. The molecule has 1 heterocycles. The molecule has 30 heavy (non-hydrogen) atoms. The minimum Gasteiger partial charge on any atom is -0.378 e. The van der Waals surface area contributed by atoms with Crippen LogP contribution >= 0.6 is 11.8 Å². The van der Waals surface area contributed by atoms with Crippen molar-refractivity contribution >= 4 is 44.6 Å². The van der Waals surface area contributed by atoms with Crippen molar-refractivity contribution in [1.29, 1.82) is 0 Å². The lowest BCUT2D eigenvalue weighted by molar-refractivity contribution is -0.122. The number of likely N-dealkylation sites (N-methyl/N-ethyl adjacent to an activating group) is 1. The average molecular weight is 444 g/mol. The first-order valence-electron chi connectivity index (χ1n) is 9.68. The summed E-state index contributed by atoms with van der Waals surface area (Å²) in [6.07, 6.45) is 2.59. The van der Waals surface area contributed by atoms with Crippen LogP contribution in [-0.4, -0.2) is 45.0 Å². The number of benzene rings is 2. The standard InChI is InChI=1S/C22H25N3O3S2/c1-5-16-9-13-19(14-10-16)30(27,28)23-22-25(6-2)21(26)20(29-22)15-17-7-11-18(12-8-17)24(3)4/h7-15H,5-6H2,1-4H3. The molecule has 1 fully saturated rings. The lowest BCUT2D eigenvalue weighted by Gasteiger charge is -2.12. The first-order chi connectivity index (χ1) is 14.2. The maximum absolute atomic E-state index is 12.8. The Bertz CT molecular complexity index is 1090. The van der Waals surface area contributed by atoms with Crippen molar-refractivity contribution in [3.63, 3.8) is 0 Å². The summed E-state index contributed by atoms with van der Waals surface area (Å²) in [5.74, 6) is -0.241. The van der Waals surface area contributed by atoms with Gasteiger partial charge in [-0.25, -0.2) is 0 Å². The Morgan fingerprint density at radius 2 is 1.67 bits per heavy atom. The van der Waals surface area contributed by atoms with Crippen LogP contribution in [0.25, 0.3) is 6.08 Å². The van der Waals surface area contributed by atoms with E-state index in [4.69, 9.17) is 0 Å². The topological polar surface area (TPSA) is 70.0 Å². The molecule has 1 amide bonds. The Kier molecular flexibility index (Phi) is 6.67. The molecule has 0 atom stereocenters. The van der Waals surface area contributed by atoms with E-state index in [9.17, 15) is 13.2 Å². The Labute approximate surface area is 182 Å². The number of hydrogen-bond acceptors (Lipinski definition) is 5. The highest BCUT2D eigenvalue weighted by atomic mass is 32.2. The fraction of sp³-hybridized carbons (Fsp3) is 0.273. The lowest BCUT2D eigenvalue weighted by Crippen LogP contribution is -2.29. The first kappa shape index (κ1) is 22.1. The van der Waals surface area contributed by atoms with Crippen LogP contribution in [0.4, 0.5) is 5.69 Å². The van der Waals surface area contributed by atoms with Crippen LogP contribution in [0.15, 0.2) is 62.7 Å². The van der Waals surface area contributed by atoms with Crippen molar-refractivity contribution in [2.24, 2.45) is 4.40 Å². The molecule has 0 saturated carbocycles. The Morgan fingerprint density at radius 3 is 2.20 bits per heavy atom. The van der Waals surface area contributed by atoms with Crippen LogP contribution in [0, 0.1) is 0 Å².